The molecule has 0 bridgehead atoms. The van der Waals surface area contributed by atoms with Crippen LogP contribution in [0.1, 0.15) is 61.6 Å². The maximum absolute atomic E-state index is 4.46. The molecule has 4 nitrogen and oxygen atoms in total. The average molecular weight is 505 g/mol. The largest absolute Gasteiger partial charge is 2.00 e. The smallest absolute Gasteiger partial charge is 0.661 e. The summed E-state index contributed by atoms with van der Waals surface area (Å²) in [7, 11) is 0. The molecule has 4 heterocycles. The van der Waals surface area contributed by atoms with Gasteiger partial charge < -0.3 is 9.97 Å². The van der Waals surface area contributed by atoms with Crippen molar-refractivity contribution >= 4 is 23.6 Å². The monoisotopic (exact) mass is 504 g/mol. The minimum absolute atomic E-state index is 0. The van der Waals surface area contributed by atoms with Crippen LogP contribution in [0.2, 0.25) is 0 Å². The van der Waals surface area contributed by atoms with Crippen molar-refractivity contribution in [1.29, 1.82) is 0 Å². The second kappa shape index (κ2) is 10.2. The molecule has 0 aliphatic carbocycles. The fraction of sp³-hybridized carbons (Fsp3) is 0.308. The zero-order valence-electron chi connectivity index (χ0n) is 19.6. The van der Waals surface area contributed by atoms with E-state index < -0.39 is 0 Å². The molecular formula is C26H30N4Pd. The van der Waals surface area contributed by atoms with E-state index in [2.05, 4.69) is 84.1 Å². The van der Waals surface area contributed by atoms with E-state index in [-0.39, 0.29) is 20.4 Å². The molecule has 2 aromatic heterocycles. The predicted octanol–water partition coefficient (Wildman–Crippen LogP) is 6.04. The molecule has 0 spiro atoms. The van der Waals surface area contributed by atoms with Crippen LogP contribution in [0.5, 0.6) is 0 Å². The average Bonchev–Trinajstić information content (AvgIpc) is 3.32. The normalized spacial score (nSPS) is 17.7. The first kappa shape index (κ1) is 24.8. The molecule has 0 radical (unpaired) electrons. The maximum atomic E-state index is 4.46. The van der Waals surface area contributed by atoms with Crippen molar-refractivity contribution in [3.63, 3.8) is 0 Å². The molecule has 2 aliphatic rings. The molecule has 0 saturated carbocycles. The Bertz CT molecular complexity index is 1070. The third-order valence-corrected chi connectivity index (χ3v) is 5.05. The third-order valence-electron chi connectivity index (χ3n) is 5.05. The van der Waals surface area contributed by atoms with Gasteiger partial charge in [-0.3, -0.25) is 9.98 Å². The summed E-state index contributed by atoms with van der Waals surface area (Å²) in [6.45, 7) is 16.4. The van der Waals surface area contributed by atoms with Gasteiger partial charge in [0.2, 0.25) is 0 Å². The van der Waals surface area contributed by atoms with Gasteiger partial charge >= 0.3 is 20.4 Å². The van der Waals surface area contributed by atoms with Crippen molar-refractivity contribution in [3.8, 4) is 0 Å². The number of aliphatic imine (C=N–C) groups is 2. The Morgan fingerprint density at radius 3 is 1.19 bits per heavy atom. The minimum Gasteiger partial charge on any atom is -0.661 e. The van der Waals surface area contributed by atoms with E-state index in [4.69, 9.17) is 0 Å². The summed E-state index contributed by atoms with van der Waals surface area (Å²) in [5, 5.41) is 0. The minimum atomic E-state index is 0. The molecule has 2 aliphatic heterocycles. The number of nitrogens with zero attached hydrogens (tertiary/aromatic N) is 4. The van der Waals surface area contributed by atoms with E-state index in [0.717, 1.165) is 45.6 Å². The second-order valence-electron chi connectivity index (χ2n) is 8.15. The summed E-state index contributed by atoms with van der Waals surface area (Å²) in [6.07, 6.45) is 8.31. The van der Waals surface area contributed by atoms with Crippen molar-refractivity contribution in [1.82, 2.24) is 9.97 Å². The fourth-order valence-corrected chi connectivity index (χ4v) is 3.63. The Kier molecular flexibility index (Phi) is 8.17. The van der Waals surface area contributed by atoms with Gasteiger partial charge in [0.05, 0.1) is 11.4 Å². The predicted molar refractivity (Wildman–Crippen MR) is 128 cm³/mol. The molecule has 2 aromatic rings. The van der Waals surface area contributed by atoms with Crippen LogP contribution >= 0.6 is 0 Å². The number of allylic oxidation sites excluding steroid dienone is 4. The van der Waals surface area contributed by atoms with Crippen molar-refractivity contribution in [2.24, 2.45) is 9.98 Å². The first-order chi connectivity index (χ1) is 14.1. The van der Waals surface area contributed by atoms with Crippen LogP contribution in [0, 0.1) is 27.7 Å². The number of hydrogen-bond donors (Lipinski definition) is 0. The Morgan fingerprint density at radius 1 is 0.613 bits per heavy atom. The van der Waals surface area contributed by atoms with Gasteiger partial charge in [0.1, 0.15) is 0 Å². The third kappa shape index (κ3) is 6.26. The quantitative estimate of drug-likeness (QED) is 0.468. The van der Waals surface area contributed by atoms with Crippen LogP contribution in [0.15, 0.2) is 56.8 Å². The summed E-state index contributed by atoms with van der Waals surface area (Å²) in [5.41, 5.74) is 13.3. The molecule has 5 heteroatoms. The summed E-state index contributed by atoms with van der Waals surface area (Å²) in [6, 6.07) is 4.19. The molecular weight excluding hydrogens is 475 g/mol. The van der Waals surface area contributed by atoms with Crippen molar-refractivity contribution in [2.75, 3.05) is 0 Å². The van der Waals surface area contributed by atoms with Crippen LogP contribution in [0.4, 0.5) is 0 Å². The molecule has 0 N–H and O–H groups in total. The second-order valence-corrected chi connectivity index (χ2v) is 8.15. The molecule has 0 fully saturated rings. The summed E-state index contributed by atoms with van der Waals surface area (Å²) in [5.74, 6) is 0. The number of aromatic nitrogens is 2. The molecule has 0 amide bonds. The first-order valence-electron chi connectivity index (χ1n) is 10.3. The summed E-state index contributed by atoms with van der Waals surface area (Å²) >= 11 is 0. The molecule has 164 valence electrons. The Hall–Kier alpha value is -2.48. The topological polar surface area (TPSA) is 52.9 Å². The first-order valence-corrected chi connectivity index (χ1v) is 10.3. The maximum Gasteiger partial charge on any atom is 2.00 e. The summed E-state index contributed by atoms with van der Waals surface area (Å²) < 4.78 is 0. The van der Waals surface area contributed by atoms with Crippen LogP contribution in [-0.4, -0.2) is 11.4 Å². The van der Waals surface area contributed by atoms with Gasteiger partial charge in [0.25, 0.3) is 0 Å². The van der Waals surface area contributed by atoms with E-state index >= 15 is 0 Å². The Balaban J connectivity index is 0.000000213. The Labute approximate surface area is 199 Å². The van der Waals surface area contributed by atoms with Crippen LogP contribution in [-0.2, 0) is 20.4 Å². The molecule has 0 atom stereocenters. The van der Waals surface area contributed by atoms with E-state index in [1.54, 1.807) is 0 Å². The van der Waals surface area contributed by atoms with E-state index in [1.165, 1.54) is 22.3 Å². The van der Waals surface area contributed by atoms with Gasteiger partial charge in [-0.25, -0.2) is 0 Å². The van der Waals surface area contributed by atoms with Gasteiger partial charge in [-0.2, -0.15) is 11.4 Å². The SMILES string of the molecule is CC1=CC(C)=N/C1=C\c1[n-]c(C)cc1C.CC1=CC(C)=N/C1=C\c1[n-]c(C)cc1C.[Pd+2]. The zero-order valence-corrected chi connectivity index (χ0v) is 21.1. The molecule has 0 unspecified atom stereocenters. The molecule has 31 heavy (non-hydrogen) atoms. The Morgan fingerprint density at radius 2 is 0.968 bits per heavy atom. The van der Waals surface area contributed by atoms with Gasteiger partial charge in [-0.1, -0.05) is 49.3 Å². The van der Waals surface area contributed by atoms with E-state index in [9.17, 15) is 0 Å². The zero-order chi connectivity index (χ0) is 22.0. The molecule has 0 aromatic carbocycles. The van der Waals surface area contributed by atoms with Crippen LogP contribution in [0.3, 0.4) is 0 Å². The van der Waals surface area contributed by atoms with Gasteiger partial charge in [0, 0.05) is 11.4 Å². The standard InChI is InChI=1S/2C13H15N2.Pd/c2*1-8-5-10(3)14-12(8)7-13-9(2)6-11(4)15-13;/h2*5-7H,1-4H3;/q2*-1;+2/b2*12-7-;. The van der Waals surface area contributed by atoms with Gasteiger partial charge in [0.15, 0.2) is 0 Å². The van der Waals surface area contributed by atoms with Gasteiger partial charge in [-0.05, 0) is 64.8 Å². The number of aryl methyl sites for hydroxylation is 4. The van der Waals surface area contributed by atoms with E-state index in [0.29, 0.717) is 0 Å². The molecule has 4 rings (SSSR count). The molecule has 0 saturated heterocycles. The summed E-state index contributed by atoms with van der Waals surface area (Å²) in [4.78, 5) is 17.8. The van der Waals surface area contributed by atoms with E-state index in [1.807, 2.05) is 27.7 Å². The van der Waals surface area contributed by atoms with Crippen LogP contribution < -0.4 is 9.97 Å². The van der Waals surface area contributed by atoms with Crippen molar-refractivity contribution < 1.29 is 20.4 Å². The van der Waals surface area contributed by atoms with Gasteiger partial charge in [-0.15, -0.1) is 11.4 Å². The van der Waals surface area contributed by atoms with Crippen molar-refractivity contribution in [2.45, 2.75) is 55.4 Å². The fourth-order valence-electron chi connectivity index (χ4n) is 3.63. The number of rotatable bonds is 2. The number of hydrogen-bond acceptors (Lipinski definition) is 2. The van der Waals surface area contributed by atoms with Crippen molar-refractivity contribution in [3.05, 3.63) is 80.7 Å². The van der Waals surface area contributed by atoms with Crippen LogP contribution in [0.25, 0.3) is 12.2 Å².